The van der Waals surface area contributed by atoms with E-state index < -0.39 is 0 Å². The first kappa shape index (κ1) is 17.2. The Bertz CT molecular complexity index is 1060. The molecule has 2 aromatic heterocycles. The van der Waals surface area contributed by atoms with E-state index in [9.17, 15) is 4.79 Å². The first-order chi connectivity index (χ1) is 13.1. The molecule has 6 nitrogen and oxygen atoms in total. The van der Waals surface area contributed by atoms with Crippen molar-refractivity contribution in [1.82, 2.24) is 19.4 Å². The highest BCUT2D eigenvalue weighted by Crippen LogP contribution is 2.23. The highest BCUT2D eigenvalue weighted by molar-refractivity contribution is 7.13. The van der Waals surface area contributed by atoms with Crippen molar-refractivity contribution in [3.8, 4) is 5.69 Å². The third-order valence-electron chi connectivity index (χ3n) is 4.65. The van der Waals surface area contributed by atoms with E-state index in [1.54, 1.807) is 18.1 Å². The summed E-state index contributed by atoms with van der Waals surface area (Å²) in [6.07, 6.45) is 3.50. The van der Waals surface area contributed by atoms with Gasteiger partial charge < -0.3 is 4.90 Å². The fraction of sp³-hybridized carbons (Fsp3) is 0.150. The molecule has 2 aromatic carbocycles. The molecule has 0 bridgehead atoms. The van der Waals surface area contributed by atoms with Crippen LogP contribution in [-0.4, -0.2) is 32.5 Å². The third-order valence-corrected chi connectivity index (χ3v) is 5.34. The first-order valence-corrected chi connectivity index (χ1v) is 9.47. The molecule has 0 aliphatic rings. The number of benzene rings is 2. The van der Waals surface area contributed by atoms with Crippen molar-refractivity contribution in [2.75, 3.05) is 12.4 Å². The zero-order valence-electron chi connectivity index (χ0n) is 15.0. The number of thiazole rings is 1. The summed E-state index contributed by atoms with van der Waals surface area (Å²) in [4.78, 5) is 22.6. The lowest BCUT2D eigenvalue weighted by Gasteiger charge is -2.25. The van der Waals surface area contributed by atoms with E-state index >= 15 is 0 Å². The third kappa shape index (κ3) is 3.41. The number of amides is 2. The molecular weight excluding hydrogens is 358 g/mol. The van der Waals surface area contributed by atoms with Gasteiger partial charge in [-0.25, -0.2) is 14.8 Å². The van der Waals surface area contributed by atoms with Gasteiger partial charge in [-0.3, -0.25) is 9.88 Å². The van der Waals surface area contributed by atoms with Gasteiger partial charge in [-0.1, -0.05) is 24.3 Å². The molecule has 1 atom stereocenters. The first-order valence-electron chi connectivity index (χ1n) is 8.59. The number of carbonyl (C=O) groups excluding carboxylic acids is 1. The summed E-state index contributed by atoms with van der Waals surface area (Å²) in [6.45, 7) is 2.00. The van der Waals surface area contributed by atoms with Crippen LogP contribution in [0.3, 0.4) is 0 Å². The lowest BCUT2D eigenvalue weighted by Crippen LogP contribution is -2.33. The molecular formula is C20H19N5OS. The van der Waals surface area contributed by atoms with E-state index in [1.165, 1.54) is 11.3 Å². The van der Waals surface area contributed by atoms with Crippen molar-refractivity contribution in [2.24, 2.45) is 0 Å². The van der Waals surface area contributed by atoms with Gasteiger partial charge in [0.15, 0.2) is 5.13 Å². The van der Waals surface area contributed by atoms with Gasteiger partial charge in [-0.2, -0.15) is 0 Å². The topological polar surface area (TPSA) is 63.1 Å². The Labute approximate surface area is 161 Å². The number of rotatable bonds is 4. The maximum Gasteiger partial charge on any atom is 0.323 e. The van der Waals surface area contributed by atoms with Gasteiger partial charge in [0.25, 0.3) is 0 Å². The van der Waals surface area contributed by atoms with E-state index in [1.807, 2.05) is 61.1 Å². The van der Waals surface area contributed by atoms with E-state index in [2.05, 4.69) is 25.9 Å². The fourth-order valence-electron chi connectivity index (χ4n) is 2.94. The second kappa shape index (κ2) is 7.20. The SMILES string of the molecule is CC(c1ccc(-n2cnc3ccccc32)cc1)N(C)C(=O)Nc1nccs1. The molecule has 0 fully saturated rings. The summed E-state index contributed by atoms with van der Waals surface area (Å²) >= 11 is 1.40. The number of carbonyl (C=O) groups is 1. The van der Waals surface area contributed by atoms with Crippen LogP contribution in [0.1, 0.15) is 18.5 Å². The lowest BCUT2D eigenvalue weighted by atomic mass is 10.1. The number of hydrogen-bond acceptors (Lipinski definition) is 4. The highest BCUT2D eigenvalue weighted by atomic mass is 32.1. The Morgan fingerprint density at radius 1 is 1.15 bits per heavy atom. The van der Waals surface area contributed by atoms with Crippen molar-refractivity contribution in [2.45, 2.75) is 13.0 Å². The summed E-state index contributed by atoms with van der Waals surface area (Å²) in [5.41, 5.74) is 4.13. The van der Waals surface area contributed by atoms with Crippen molar-refractivity contribution >= 4 is 33.5 Å². The van der Waals surface area contributed by atoms with Gasteiger partial charge >= 0.3 is 6.03 Å². The molecule has 0 saturated heterocycles. The molecule has 0 aliphatic carbocycles. The average Bonchev–Trinajstić information content (AvgIpc) is 3.36. The molecule has 0 radical (unpaired) electrons. The smallest absolute Gasteiger partial charge is 0.321 e. The van der Waals surface area contributed by atoms with Gasteiger partial charge in [0, 0.05) is 24.3 Å². The quantitative estimate of drug-likeness (QED) is 0.560. The van der Waals surface area contributed by atoms with Gasteiger partial charge in [-0.05, 0) is 36.8 Å². The van der Waals surface area contributed by atoms with Crippen LogP contribution in [0.5, 0.6) is 0 Å². The van der Waals surface area contributed by atoms with E-state index in [4.69, 9.17) is 0 Å². The van der Waals surface area contributed by atoms with Crippen molar-refractivity contribution in [3.63, 3.8) is 0 Å². The maximum absolute atomic E-state index is 12.4. The summed E-state index contributed by atoms with van der Waals surface area (Å²) in [7, 11) is 1.78. The lowest BCUT2D eigenvalue weighted by molar-refractivity contribution is 0.208. The monoisotopic (exact) mass is 377 g/mol. The molecule has 0 aliphatic heterocycles. The Kier molecular flexibility index (Phi) is 4.60. The maximum atomic E-state index is 12.4. The molecule has 2 heterocycles. The van der Waals surface area contributed by atoms with Crippen LogP contribution in [-0.2, 0) is 0 Å². The number of fused-ring (bicyclic) bond motifs is 1. The molecule has 1 unspecified atom stereocenters. The summed E-state index contributed by atoms with van der Waals surface area (Å²) in [5.74, 6) is 0. The van der Waals surface area contributed by atoms with Gasteiger partial charge in [-0.15, -0.1) is 11.3 Å². The van der Waals surface area contributed by atoms with E-state index in [0.29, 0.717) is 5.13 Å². The zero-order chi connectivity index (χ0) is 18.8. The van der Waals surface area contributed by atoms with Crippen LogP contribution in [0, 0.1) is 0 Å². The average molecular weight is 377 g/mol. The van der Waals surface area contributed by atoms with Crippen molar-refractivity contribution in [3.05, 3.63) is 72.0 Å². The Balaban J connectivity index is 1.52. The zero-order valence-corrected chi connectivity index (χ0v) is 15.9. The van der Waals surface area contributed by atoms with Crippen LogP contribution < -0.4 is 5.32 Å². The largest absolute Gasteiger partial charge is 0.323 e. The number of nitrogens with zero attached hydrogens (tertiary/aromatic N) is 4. The minimum absolute atomic E-state index is 0.0708. The highest BCUT2D eigenvalue weighted by Gasteiger charge is 2.18. The number of nitrogens with one attached hydrogen (secondary N) is 1. The normalized spacial score (nSPS) is 12.1. The summed E-state index contributed by atoms with van der Waals surface area (Å²) < 4.78 is 2.06. The molecule has 2 amide bonds. The molecule has 136 valence electrons. The van der Waals surface area contributed by atoms with Crippen LogP contribution >= 0.6 is 11.3 Å². The van der Waals surface area contributed by atoms with Gasteiger partial charge in [0.1, 0.15) is 6.33 Å². The van der Waals surface area contributed by atoms with Crippen LogP contribution in [0.2, 0.25) is 0 Å². The number of imidazole rings is 1. The Morgan fingerprint density at radius 2 is 1.93 bits per heavy atom. The van der Waals surface area contributed by atoms with Crippen molar-refractivity contribution < 1.29 is 4.79 Å². The minimum atomic E-state index is -0.179. The van der Waals surface area contributed by atoms with Crippen LogP contribution in [0.4, 0.5) is 9.93 Å². The molecule has 4 rings (SSSR count). The Hall–Kier alpha value is -3.19. The molecule has 4 aromatic rings. The van der Waals surface area contributed by atoms with E-state index in [0.717, 1.165) is 22.3 Å². The fourth-order valence-corrected chi connectivity index (χ4v) is 3.46. The molecule has 0 spiro atoms. The van der Waals surface area contributed by atoms with Gasteiger partial charge in [0.2, 0.25) is 0 Å². The Morgan fingerprint density at radius 3 is 2.67 bits per heavy atom. The second-order valence-electron chi connectivity index (χ2n) is 6.25. The predicted molar refractivity (Wildman–Crippen MR) is 108 cm³/mol. The predicted octanol–water partition coefficient (Wildman–Crippen LogP) is 4.71. The van der Waals surface area contributed by atoms with Crippen molar-refractivity contribution in [1.29, 1.82) is 0 Å². The van der Waals surface area contributed by atoms with Gasteiger partial charge in [0.05, 0.1) is 17.1 Å². The molecule has 7 heteroatoms. The number of aromatic nitrogens is 3. The molecule has 1 N–H and O–H groups in total. The van der Waals surface area contributed by atoms with E-state index in [-0.39, 0.29) is 12.1 Å². The van der Waals surface area contributed by atoms with Crippen LogP contribution in [0.15, 0.2) is 66.4 Å². The number of para-hydroxylation sites is 2. The number of hydrogen-bond donors (Lipinski definition) is 1. The number of anilines is 1. The summed E-state index contributed by atoms with van der Waals surface area (Å²) in [6, 6.07) is 16.0. The second-order valence-corrected chi connectivity index (χ2v) is 7.14. The standard InChI is InChI=1S/C20H19N5OS/c1-14(24(2)20(26)23-19-21-11-12-27-19)15-7-9-16(10-8-15)25-13-22-17-5-3-4-6-18(17)25/h3-14H,1-2H3,(H,21,23,26). The number of urea groups is 1. The van der Waals surface area contributed by atoms with Crippen LogP contribution in [0.25, 0.3) is 16.7 Å². The minimum Gasteiger partial charge on any atom is -0.321 e. The molecule has 0 saturated carbocycles. The molecule has 27 heavy (non-hydrogen) atoms. The summed E-state index contributed by atoms with van der Waals surface area (Å²) in [5, 5.41) is 5.24.